The number of hydrogen-bond donors (Lipinski definition) is 2. The van der Waals surface area contributed by atoms with Gasteiger partial charge in [-0.05, 0) is 62.5 Å². The van der Waals surface area contributed by atoms with Crippen molar-refractivity contribution in [1.82, 2.24) is 10.0 Å². The van der Waals surface area contributed by atoms with Crippen LogP contribution in [0.25, 0.3) is 0 Å². The number of allylic oxidation sites excluding steroid dienone is 4. The van der Waals surface area contributed by atoms with Crippen molar-refractivity contribution in [2.24, 2.45) is 11.8 Å². The fourth-order valence-corrected chi connectivity index (χ4v) is 5.57. The topological polar surface area (TPSA) is 76.7 Å². The lowest BCUT2D eigenvalue weighted by atomic mass is 9.76. The van der Waals surface area contributed by atoms with Crippen LogP contribution in [0.5, 0.6) is 0 Å². The summed E-state index contributed by atoms with van der Waals surface area (Å²) < 4.78 is 50.9. The molecule has 0 aromatic carbocycles. The van der Waals surface area contributed by atoms with Crippen LogP contribution in [-0.4, -0.2) is 59.2 Å². The summed E-state index contributed by atoms with van der Waals surface area (Å²) in [5.74, 6) is 0.712. The SMILES string of the molecule is COC[C@@H]1C[C@H](NS(C)(=O)=O)[C@H](COC2CCC(C3C=C(F)C=CC3)CC2)N1. The van der Waals surface area contributed by atoms with Crippen molar-refractivity contribution in [3.05, 3.63) is 24.1 Å². The Hall–Kier alpha value is -0.800. The Kier molecular flexibility index (Phi) is 7.67. The van der Waals surface area contributed by atoms with Gasteiger partial charge in [0.1, 0.15) is 5.83 Å². The van der Waals surface area contributed by atoms with Crippen molar-refractivity contribution in [2.45, 2.75) is 62.8 Å². The molecule has 1 saturated heterocycles. The molecule has 1 aliphatic heterocycles. The highest BCUT2D eigenvalue weighted by Gasteiger charge is 2.36. The van der Waals surface area contributed by atoms with E-state index in [2.05, 4.69) is 10.0 Å². The van der Waals surface area contributed by atoms with Crippen molar-refractivity contribution in [3.63, 3.8) is 0 Å². The first-order valence-corrected chi connectivity index (χ1v) is 12.1. The fraction of sp³-hybridized carbons (Fsp3) is 0.800. The van der Waals surface area contributed by atoms with Crippen LogP contribution in [-0.2, 0) is 19.5 Å². The molecular weight excluding hydrogens is 383 g/mol. The Labute approximate surface area is 168 Å². The van der Waals surface area contributed by atoms with E-state index in [1.807, 2.05) is 6.08 Å². The molecule has 1 heterocycles. The van der Waals surface area contributed by atoms with E-state index < -0.39 is 10.0 Å². The largest absolute Gasteiger partial charge is 0.383 e. The molecule has 0 aromatic rings. The van der Waals surface area contributed by atoms with E-state index >= 15 is 0 Å². The number of hydrogen-bond acceptors (Lipinski definition) is 5. The standard InChI is InChI=1S/C20H33FN2O4S/c1-26-12-17-11-19(23-28(2,24)25)20(22-17)13-27-18-8-6-14(7-9-18)15-4-3-5-16(21)10-15/h3,5,10,14-15,17-20,22-23H,4,6-9,11-13H2,1-2H3/t14?,15?,17-,18?,19-,20-/m0/s1. The maximum absolute atomic E-state index is 13.5. The third-order valence-electron chi connectivity index (χ3n) is 6.10. The molecule has 1 saturated carbocycles. The lowest BCUT2D eigenvalue weighted by Gasteiger charge is -2.33. The second-order valence-corrected chi connectivity index (χ2v) is 10.2. The van der Waals surface area contributed by atoms with Crippen molar-refractivity contribution in [3.8, 4) is 0 Å². The molecule has 0 spiro atoms. The molecule has 1 unspecified atom stereocenters. The summed E-state index contributed by atoms with van der Waals surface area (Å²) in [6.45, 7) is 1.02. The van der Waals surface area contributed by atoms with E-state index in [1.165, 1.54) is 6.26 Å². The third kappa shape index (κ3) is 6.35. The summed E-state index contributed by atoms with van der Waals surface area (Å²) in [7, 11) is -1.63. The van der Waals surface area contributed by atoms with Crippen LogP contribution < -0.4 is 10.0 Å². The first-order valence-electron chi connectivity index (χ1n) is 10.2. The van der Waals surface area contributed by atoms with Gasteiger partial charge >= 0.3 is 0 Å². The van der Waals surface area contributed by atoms with E-state index in [0.717, 1.165) is 32.1 Å². The molecule has 2 aliphatic carbocycles. The van der Waals surface area contributed by atoms with Crippen molar-refractivity contribution in [1.29, 1.82) is 0 Å². The van der Waals surface area contributed by atoms with E-state index in [9.17, 15) is 12.8 Å². The molecule has 160 valence electrons. The van der Waals surface area contributed by atoms with Gasteiger partial charge in [0.15, 0.2) is 0 Å². The minimum atomic E-state index is -3.27. The van der Waals surface area contributed by atoms with Gasteiger partial charge in [-0.25, -0.2) is 17.5 Å². The molecule has 0 bridgehead atoms. The summed E-state index contributed by atoms with van der Waals surface area (Å²) >= 11 is 0. The molecule has 2 fully saturated rings. The van der Waals surface area contributed by atoms with E-state index in [1.54, 1.807) is 19.3 Å². The smallest absolute Gasteiger partial charge is 0.209 e. The van der Waals surface area contributed by atoms with E-state index in [4.69, 9.17) is 9.47 Å². The van der Waals surface area contributed by atoms with Crippen LogP contribution in [0.4, 0.5) is 4.39 Å². The summed E-state index contributed by atoms with van der Waals surface area (Å²) in [5.41, 5.74) is 0. The molecule has 3 rings (SSSR count). The van der Waals surface area contributed by atoms with Crippen LogP contribution in [0.15, 0.2) is 24.1 Å². The first-order chi connectivity index (χ1) is 13.3. The van der Waals surface area contributed by atoms with Crippen molar-refractivity contribution in [2.75, 3.05) is 26.6 Å². The molecule has 0 amide bonds. The summed E-state index contributed by atoms with van der Waals surface area (Å²) in [5, 5.41) is 3.44. The number of nitrogens with one attached hydrogen (secondary N) is 2. The molecule has 8 heteroatoms. The first kappa shape index (κ1) is 21.9. The Morgan fingerprint density at radius 3 is 2.64 bits per heavy atom. The molecule has 4 atom stereocenters. The predicted octanol–water partition coefficient (Wildman–Crippen LogP) is 2.29. The lowest BCUT2D eigenvalue weighted by Crippen LogP contribution is -2.46. The van der Waals surface area contributed by atoms with Crippen LogP contribution in [0, 0.1) is 11.8 Å². The molecule has 0 aromatic heterocycles. The summed E-state index contributed by atoms with van der Waals surface area (Å²) in [6, 6.07) is -0.128. The molecule has 0 radical (unpaired) electrons. The predicted molar refractivity (Wildman–Crippen MR) is 107 cm³/mol. The molecule has 28 heavy (non-hydrogen) atoms. The van der Waals surface area contributed by atoms with Gasteiger partial charge in [-0.1, -0.05) is 6.08 Å². The Morgan fingerprint density at radius 1 is 1.25 bits per heavy atom. The van der Waals surface area contributed by atoms with Gasteiger partial charge in [0, 0.05) is 25.2 Å². The quantitative estimate of drug-likeness (QED) is 0.635. The zero-order chi connectivity index (χ0) is 20.1. The molecule has 2 N–H and O–H groups in total. The second kappa shape index (κ2) is 9.80. The summed E-state index contributed by atoms with van der Waals surface area (Å²) in [6.07, 6.45) is 12.3. The number of ether oxygens (including phenoxy) is 2. The lowest BCUT2D eigenvalue weighted by molar-refractivity contribution is 0.00206. The van der Waals surface area contributed by atoms with Gasteiger partial charge in [-0.2, -0.15) is 0 Å². The highest BCUT2D eigenvalue weighted by atomic mass is 32.2. The Morgan fingerprint density at radius 2 is 2.00 bits per heavy atom. The van der Waals surface area contributed by atoms with E-state index in [0.29, 0.717) is 31.5 Å². The number of sulfonamides is 1. The number of halogens is 1. The van der Waals surface area contributed by atoms with Gasteiger partial charge in [-0.3, -0.25) is 0 Å². The van der Waals surface area contributed by atoms with Crippen molar-refractivity contribution < 1.29 is 22.3 Å². The number of rotatable bonds is 8. The maximum atomic E-state index is 13.5. The van der Waals surface area contributed by atoms with Gasteiger partial charge < -0.3 is 14.8 Å². The molecular formula is C20H33FN2O4S. The average molecular weight is 417 g/mol. The second-order valence-electron chi connectivity index (χ2n) is 8.38. The minimum Gasteiger partial charge on any atom is -0.383 e. The molecule has 3 aliphatic rings. The van der Waals surface area contributed by atoms with Gasteiger partial charge in [0.05, 0.1) is 25.6 Å². The van der Waals surface area contributed by atoms with Crippen LogP contribution >= 0.6 is 0 Å². The van der Waals surface area contributed by atoms with Gasteiger partial charge in [0.2, 0.25) is 10.0 Å². The Bertz CT molecular complexity index is 674. The maximum Gasteiger partial charge on any atom is 0.209 e. The number of methoxy groups -OCH3 is 1. The van der Waals surface area contributed by atoms with Crippen LogP contribution in [0.1, 0.15) is 38.5 Å². The van der Waals surface area contributed by atoms with E-state index in [-0.39, 0.29) is 30.1 Å². The Balaban J connectivity index is 1.46. The highest BCUT2D eigenvalue weighted by Crippen LogP contribution is 2.36. The molecule has 6 nitrogen and oxygen atoms in total. The van der Waals surface area contributed by atoms with Gasteiger partial charge in [-0.15, -0.1) is 0 Å². The average Bonchev–Trinajstić information content (AvgIpc) is 3.00. The monoisotopic (exact) mass is 416 g/mol. The summed E-state index contributed by atoms with van der Waals surface area (Å²) in [4.78, 5) is 0. The zero-order valence-corrected chi connectivity index (χ0v) is 17.6. The minimum absolute atomic E-state index is 0.0619. The van der Waals surface area contributed by atoms with Crippen LogP contribution in [0.2, 0.25) is 0 Å². The third-order valence-corrected chi connectivity index (χ3v) is 6.83. The van der Waals surface area contributed by atoms with Crippen LogP contribution in [0.3, 0.4) is 0 Å². The zero-order valence-electron chi connectivity index (χ0n) is 16.8. The normalized spacial score (nSPS) is 36.5. The highest BCUT2D eigenvalue weighted by molar-refractivity contribution is 7.88. The van der Waals surface area contributed by atoms with Gasteiger partial charge in [0.25, 0.3) is 0 Å². The fourth-order valence-electron chi connectivity index (χ4n) is 4.76. The van der Waals surface area contributed by atoms with Crippen molar-refractivity contribution >= 4 is 10.0 Å².